The van der Waals surface area contributed by atoms with E-state index in [2.05, 4.69) is 30.8 Å². The lowest BCUT2D eigenvalue weighted by Gasteiger charge is -2.15. The lowest BCUT2D eigenvalue weighted by Crippen LogP contribution is -2.25. The second kappa shape index (κ2) is 12.9. The summed E-state index contributed by atoms with van der Waals surface area (Å²) in [6.45, 7) is 5.71. The van der Waals surface area contributed by atoms with Crippen molar-refractivity contribution in [3.8, 4) is 5.75 Å². The number of likely N-dealkylation sites (tertiary alicyclic amines) is 1. The third kappa shape index (κ3) is 7.76. The van der Waals surface area contributed by atoms with E-state index in [-0.39, 0.29) is 5.56 Å². The normalized spacial score (nSPS) is 13.5. The molecule has 1 aliphatic heterocycles. The summed E-state index contributed by atoms with van der Waals surface area (Å²) in [5.74, 6) is 0.539. The van der Waals surface area contributed by atoms with Gasteiger partial charge in [0.05, 0.1) is 23.6 Å². The maximum Gasteiger partial charge on any atom is 0.416 e. The largest absolute Gasteiger partial charge is 0.492 e. The van der Waals surface area contributed by atoms with E-state index in [1.54, 1.807) is 30.6 Å². The third-order valence-electron chi connectivity index (χ3n) is 6.84. The molecule has 1 amide bonds. The van der Waals surface area contributed by atoms with Crippen LogP contribution in [-0.2, 0) is 6.18 Å². The highest BCUT2D eigenvalue weighted by Crippen LogP contribution is 2.30. The predicted octanol–water partition coefficient (Wildman–Crippen LogP) is 7.02. The molecule has 3 aromatic carbocycles. The zero-order chi connectivity index (χ0) is 29.5. The molecule has 2 heterocycles. The third-order valence-corrected chi connectivity index (χ3v) is 6.84. The van der Waals surface area contributed by atoms with Crippen LogP contribution >= 0.6 is 0 Å². The topological polar surface area (TPSA) is 91.4 Å². The molecule has 3 N–H and O–H groups in total. The number of nitrogens with one attached hydrogen (secondary N) is 3. The number of carbonyl (C=O) groups excluding carboxylic acids is 1. The summed E-state index contributed by atoms with van der Waals surface area (Å²) in [6.07, 6.45) is 1.22. The first-order chi connectivity index (χ1) is 20.2. The average molecular weight is 577 g/mol. The van der Waals surface area contributed by atoms with E-state index in [9.17, 15) is 18.0 Å². The maximum absolute atomic E-state index is 13.0. The maximum atomic E-state index is 13.0. The van der Waals surface area contributed by atoms with E-state index in [1.807, 2.05) is 31.2 Å². The van der Waals surface area contributed by atoms with Crippen LogP contribution in [0.2, 0.25) is 0 Å². The number of hydrogen-bond acceptors (Lipinski definition) is 7. The Balaban J connectivity index is 1.18. The summed E-state index contributed by atoms with van der Waals surface area (Å²) in [5, 5.41) is 9.06. The van der Waals surface area contributed by atoms with Gasteiger partial charge in [0.25, 0.3) is 5.91 Å². The lowest BCUT2D eigenvalue weighted by molar-refractivity contribution is -0.137. The zero-order valence-electron chi connectivity index (χ0n) is 23.0. The Bertz CT molecular complexity index is 1520. The molecule has 5 rings (SSSR count). The monoisotopic (exact) mass is 576 g/mol. The lowest BCUT2D eigenvalue weighted by atomic mass is 10.1. The summed E-state index contributed by atoms with van der Waals surface area (Å²) in [4.78, 5) is 23.8. The molecule has 1 saturated heterocycles. The molecule has 0 atom stereocenters. The standard InChI is InChI=1S/C31H31F3N6O2/c1-21-10-11-25(38-29(41)22-6-4-7-23(16-22)31(32,33)34)18-28(21)37-26-19-35-30(36-20-26)39-24-8-5-9-27(17-24)42-15-14-40-12-2-3-13-40/h4-11,16-20,37H,2-3,12-15H2,1H3,(H,38,41)(H,35,36,39). The number of alkyl halides is 3. The molecule has 218 valence electrons. The van der Waals surface area contributed by atoms with E-state index in [1.165, 1.54) is 25.0 Å². The molecular weight excluding hydrogens is 545 g/mol. The van der Waals surface area contributed by atoms with Gasteiger partial charge >= 0.3 is 6.18 Å². The molecule has 1 aromatic heterocycles. The molecule has 0 radical (unpaired) electrons. The van der Waals surface area contributed by atoms with Gasteiger partial charge in [0.2, 0.25) is 5.95 Å². The van der Waals surface area contributed by atoms with Crippen LogP contribution in [-0.4, -0.2) is 47.0 Å². The Hall–Kier alpha value is -4.64. The fourth-order valence-electron chi connectivity index (χ4n) is 4.58. The van der Waals surface area contributed by atoms with Crippen molar-refractivity contribution < 1.29 is 22.7 Å². The molecule has 0 aliphatic carbocycles. The highest BCUT2D eigenvalue weighted by molar-refractivity contribution is 6.04. The van der Waals surface area contributed by atoms with Gasteiger partial charge in [0.1, 0.15) is 12.4 Å². The summed E-state index contributed by atoms with van der Waals surface area (Å²) < 4.78 is 45.0. The number of benzene rings is 3. The van der Waals surface area contributed by atoms with Crippen LogP contribution in [0, 0.1) is 6.92 Å². The van der Waals surface area contributed by atoms with Crippen LogP contribution in [0.25, 0.3) is 0 Å². The number of halogens is 3. The van der Waals surface area contributed by atoms with Gasteiger partial charge in [-0.25, -0.2) is 9.97 Å². The van der Waals surface area contributed by atoms with E-state index >= 15 is 0 Å². The number of aryl methyl sites for hydroxylation is 1. The minimum Gasteiger partial charge on any atom is -0.492 e. The van der Waals surface area contributed by atoms with Gasteiger partial charge in [-0.2, -0.15) is 13.2 Å². The number of anilines is 5. The van der Waals surface area contributed by atoms with Gasteiger partial charge in [-0.1, -0.05) is 18.2 Å². The molecule has 1 aliphatic rings. The van der Waals surface area contributed by atoms with Crippen molar-refractivity contribution in [2.75, 3.05) is 42.2 Å². The number of ether oxygens (including phenoxy) is 1. The highest BCUT2D eigenvalue weighted by Gasteiger charge is 2.30. The molecule has 0 unspecified atom stereocenters. The second-order valence-corrected chi connectivity index (χ2v) is 10.0. The van der Waals surface area contributed by atoms with Crippen LogP contribution in [0.3, 0.4) is 0 Å². The summed E-state index contributed by atoms with van der Waals surface area (Å²) in [7, 11) is 0. The molecule has 0 bridgehead atoms. The number of carbonyl (C=O) groups is 1. The molecule has 42 heavy (non-hydrogen) atoms. The van der Waals surface area contributed by atoms with E-state index < -0.39 is 17.6 Å². The molecular formula is C31H31F3N6O2. The Morgan fingerprint density at radius 3 is 2.43 bits per heavy atom. The van der Waals surface area contributed by atoms with Crippen molar-refractivity contribution in [2.45, 2.75) is 25.9 Å². The number of hydrogen-bond donors (Lipinski definition) is 3. The van der Waals surface area contributed by atoms with Crippen molar-refractivity contribution in [1.82, 2.24) is 14.9 Å². The first-order valence-electron chi connectivity index (χ1n) is 13.6. The van der Waals surface area contributed by atoms with Gasteiger partial charge < -0.3 is 20.7 Å². The Labute approximate surface area is 242 Å². The summed E-state index contributed by atoms with van der Waals surface area (Å²) in [6, 6.07) is 17.1. The van der Waals surface area contributed by atoms with Crippen molar-refractivity contribution in [3.05, 3.63) is 95.8 Å². The first kappa shape index (κ1) is 28.9. The quantitative estimate of drug-likeness (QED) is 0.187. The number of amides is 1. The van der Waals surface area contributed by atoms with E-state index in [0.29, 0.717) is 29.6 Å². The SMILES string of the molecule is Cc1ccc(NC(=O)c2cccc(C(F)(F)F)c2)cc1Nc1cnc(Nc2cccc(OCCN3CCCC3)c2)nc1. The molecule has 8 nitrogen and oxygen atoms in total. The second-order valence-electron chi connectivity index (χ2n) is 10.0. The zero-order valence-corrected chi connectivity index (χ0v) is 23.0. The fourth-order valence-corrected chi connectivity index (χ4v) is 4.58. The molecule has 0 spiro atoms. The molecule has 1 fully saturated rings. The minimum atomic E-state index is -4.53. The van der Waals surface area contributed by atoms with E-state index in [0.717, 1.165) is 48.8 Å². The van der Waals surface area contributed by atoms with Gasteiger partial charge in [-0.15, -0.1) is 0 Å². The van der Waals surface area contributed by atoms with Crippen molar-refractivity contribution in [3.63, 3.8) is 0 Å². The number of rotatable bonds is 10. The van der Waals surface area contributed by atoms with Crippen LogP contribution in [0.5, 0.6) is 5.75 Å². The first-order valence-corrected chi connectivity index (χ1v) is 13.6. The van der Waals surface area contributed by atoms with Gasteiger partial charge in [0, 0.05) is 35.2 Å². The molecule has 11 heteroatoms. The van der Waals surface area contributed by atoms with Crippen molar-refractivity contribution in [2.24, 2.45) is 0 Å². The molecule has 4 aromatic rings. The smallest absolute Gasteiger partial charge is 0.416 e. The minimum absolute atomic E-state index is 0.0874. The van der Waals surface area contributed by atoms with Gasteiger partial charge in [-0.3, -0.25) is 9.69 Å². The summed E-state index contributed by atoms with van der Waals surface area (Å²) >= 11 is 0. The van der Waals surface area contributed by atoms with Crippen LogP contribution in [0.1, 0.15) is 34.3 Å². The Morgan fingerprint density at radius 2 is 1.67 bits per heavy atom. The number of aromatic nitrogens is 2. The van der Waals surface area contributed by atoms with Crippen molar-refractivity contribution >= 4 is 34.6 Å². The predicted molar refractivity (Wildman–Crippen MR) is 157 cm³/mol. The van der Waals surface area contributed by atoms with Gasteiger partial charge in [0.15, 0.2) is 0 Å². The Morgan fingerprint density at radius 1 is 0.905 bits per heavy atom. The van der Waals surface area contributed by atoms with Crippen molar-refractivity contribution in [1.29, 1.82) is 0 Å². The number of nitrogens with zero attached hydrogens (tertiary/aromatic N) is 3. The van der Waals surface area contributed by atoms with Crippen LogP contribution in [0.15, 0.2) is 79.1 Å². The highest BCUT2D eigenvalue weighted by atomic mass is 19.4. The van der Waals surface area contributed by atoms with Gasteiger partial charge in [-0.05, 0) is 80.9 Å². The Kier molecular flexibility index (Phi) is 8.87. The van der Waals surface area contributed by atoms with Crippen LogP contribution < -0.4 is 20.7 Å². The summed E-state index contributed by atoms with van der Waals surface area (Å²) in [5.41, 5.74) is 2.44. The fraction of sp³-hybridized carbons (Fsp3) is 0.258. The van der Waals surface area contributed by atoms with E-state index in [4.69, 9.17) is 4.74 Å². The average Bonchev–Trinajstić information content (AvgIpc) is 3.49. The van der Waals surface area contributed by atoms with Crippen LogP contribution in [0.4, 0.5) is 41.9 Å². The molecule has 0 saturated carbocycles.